The van der Waals surface area contributed by atoms with E-state index in [0.29, 0.717) is 6.42 Å². The van der Waals surface area contributed by atoms with Gasteiger partial charge in [0.15, 0.2) is 0 Å². The van der Waals surface area contributed by atoms with E-state index in [4.69, 9.17) is 0 Å². The normalized spacial score (nSPS) is 15.3. The Hall–Kier alpha value is -2.14. The zero-order valence-corrected chi connectivity index (χ0v) is 17.2. The Morgan fingerprint density at radius 3 is 2.29 bits per heavy atom. The van der Waals surface area contributed by atoms with Crippen LogP contribution in [0.25, 0.3) is 6.08 Å². The summed E-state index contributed by atoms with van der Waals surface area (Å²) in [5, 5.41) is 2.98. The van der Waals surface area contributed by atoms with Crippen molar-refractivity contribution < 1.29 is 17.2 Å². The van der Waals surface area contributed by atoms with Crippen molar-refractivity contribution in [3.05, 3.63) is 71.8 Å². The maximum absolute atomic E-state index is 12.1. The lowest BCUT2D eigenvalue weighted by atomic mass is 10.2. The van der Waals surface area contributed by atoms with Crippen molar-refractivity contribution in [3.8, 4) is 0 Å². The van der Waals surface area contributed by atoms with Gasteiger partial charge in [-0.2, -0.15) is 0 Å². The van der Waals surface area contributed by atoms with Crippen molar-refractivity contribution in [2.45, 2.75) is 13.3 Å². The van der Waals surface area contributed by atoms with Gasteiger partial charge in [-0.15, -0.1) is 0 Å². The quantitative estimate of drug-likeness (QED) is 0.744. The third-order valence-electron chi connectivity index (χ3n) is 4.93. The second-order valence-electron chi connectivity index (χ2n) is 7.12. The molecule has 0 aromatic heterocycles. The fourth-order valence-electron chi connectivity index (χ4n) is 3.22. The van der Waals surface area contributed by atoms with Crippen molar-refractivity contribution in [1.82, 2.24) is 9.80 Å². The largest absolute Gasteiger partial charge is 1.00 e. The minimum absolute atomic E-state index is 0. The highest BCUT2D eigenvalue weighted by atomic mass is 35.5. The zero-order valence-electron chi connectivity index (χ0n) is 16.5. The number of carbonyl (C=O) groups excluding carboxylic acids is 1. The molecule has 0 aliphatic carbocycles. The van der Waals surface area contributed by atoms with Crippen molar-refractivity contribution in [2.24, 2.45) is 0 Å². The molecule has 1 amide bonds. The first-order valence-electron chi connectivity index (χ1n) is 9.72. The van der Waals surface area contributed by atoms with Gasteiger partial charge in [0.2, 0.25) is 5.91 Å². The molecule has 0 radical (unpaired) electrons. The number of carbonyl (C=O) groups is 1. The van der Waals surface area contributed by atoms with Gasteiger partial charge in [0.05, 0.1) is 0 Å². The molecular formula is C23H29ClN3O-. The van der Waals surface area contributed by atoms with Crippen molar-refractivity contribution in [2.75, 3.05) is 44.6 Å². The Bertz CT molecular complexity index is 738. The molecule has 150 valence electrons. The number of benzene rings is 2. The zero-order chi connectivity index (χ0) is 18.9. The second kappa shape index (κ2) is 11.6. The van der Waals surface area contributed by atoms with E-state index in [1.165, 1.54) is 11.1 Å². The van der Waals surface area contributed by atoms with E-state index < -0.39 is 0 Å². The van der Waals surface area contributed by atoms with Crippen LogP contribution in [-0.2, 0) is 4.79 Å². The van der Waals surface area contributed by atoms with Crippen LogP contribution in [0, 0.1) is 6.92 Å². The Morgan fingerprint density at radius 1 is 0.964 bits per heavy atom. The van der Waals surface area contributed by atoms with Gasteiger partial charge in [0, 0.05) is 51.4 Å². The molecule has 0 bridgehead atoms. The lowest BCUT2D eigenvalue weighted by molar-refractivity contribution is -0.116. The first-order valence-corrected chi connectivity index (χ1v) is 9.72. The summed E-state index contributed by atoms with van der Waals surface area (Å²) in [6, 6.07) is 18.3. The van der Waals surface area contributed by atoms with Crippen LogP contribution < -0.4 is 17.7 Å². The Balaban J connectivity index is 0.00000280. The molecule has 2 aromatic rings. The van der Waals surface area contributed by atoms with E-state index in [2.05, 4.69) is 51.5 Å². The number of halogens is 1. The van der Waals surface area contributed by atoms with Gasteiger partial charge < -0.3 is 22.6 Å². The average molecular weight is 399 g/mol. The van der Waals surface area contributed by atoms with Gasteiger partial charge >= 0.3 is 0 Å². The molecule has 1 N–H and O–H groups in total. The molecule has 1 aliphatic rings. The molecule has 4 nitrogen and oxygen atoms in total. The first-order chi connectivity index (χ1) is 13.2. The molecule has 28 heavy (non-hydrogen) atoms. The summed E-state index contributed by atoms with van der Waals surface area (Å²) in [6.45, 7) is 8.01. The third kappa shape index (κ3) is 7.47. The van der Waals surface area contributed by atoms with Crippen molar-refractivity contribution in [1.29, 1.82) is 0 Å². The molecule has 0 saturated carbocycles. The maximum Gasteiger partial charge on any atom is 0.225 e. The molecule has 0 spiro atoms. The molecule has 5 heteroatoms. The van der Waals surface area contributed by atoms with Gasteiger partial charge in [-0.05, 0) is 24.6 Å². The van der Waals surface area contributed by atoms with E-state index in [1.54, 1.807) is 0 Å². The topological polar surface area (TPSA) is 35.6 Å². The average Bonchev–Trinajstić information content (AvgIpc) is 2.70. The summed E-state index contributed by atoms with van der Waals surface area (Å²) < 4.78 is 0. The number of rotatable bonds is 7. The third-order valence-corrected chi connectivity index (χ3v) is 4.93. The minimum atomic E-state index is 0. The summed E-state index contributed by atoms with van der Waals surface area (Å²) in [5.74, 6) is 0.0899. The summed E-state index contributed by atoms with van der Waals surface area (Å²) in [4.78, 5) is 17.0. The molecule has 1 heterocycles. The molecule has 2 aromatic carbocycles. The van der Waals surface area contributed by atoms with Crippen molar-refractivity contribution >= 4 is 17.7 Å². The van der Waals surface area contributed by atoms with Gasteiger partial charge in [0.25, 0.3) is 0 Å². The Labute approximate surface area is 174 Å². The highest BCUT2D eigenvalue weighted by Crippen LogP contribution is 2.10. The molecule has 0 unspecified atom stereocenters. The number of hydrogen-bond acceptors (Lipinski definition) is 3. The van der Waals surface area contributed by atoms with Crippen molar-refractivity contribution in [3.63, 3.8) is 0 Å². The van der Waals surface area contributed by atoms with E-state index in [0.717, 1.165) is 45.0 Å². The van der Waals surface area contributed by atoms with Crippen LogP contribution in [0.3, 0.4) is 0 Å². The fourth-order valence-corrected chi connectivity index (χ4v) is 3.22. The highest BCUT2D eigenvalue weighted by Gasteiger charge is 2.16. The first kappa shape index (κ1) is 22.2. The van der Waals surface area contributed by atoms with E-state index >= 15 is 0 Å². The van der Waals surface area contributed by atoms with Crippen LogP contribution in [-0.4, -0.2) is 55.0 Å². The molecule has 0 atom stereocenters. The van der Waals surface area contributed by atoms with Crippen LogP contribution in [0.1, 0.15) is 17.5 Å². The summed E-state index contributed by atoms with van der Waals surface area (Å²) in [6.07, 6.45) is 4.96. The van der Waals surface area contributed by atoms with E-state index in [-0.39, 0.29) is 18.3 Å². The summed E-state index contributed by atoms with van der Waals surface area (Å²) >= 11 is 0. The van der Waals surface area contributed by atoms with E-state index in [9.17, 15) is 4.79 Å². The lowest BCUT2D eigenvalue weighted by Gasteiger charge is -2.34. The predicted molar refractivity (Wildman–Crippen MR) is 113 cm³/mol. The number of nitrogens with zero attached hydrogens (tertiary/aromatic N) is 2. The highest BCUT2D eigenvalue weighted by molar-refractivity contribution is 5.90. The monoisotopic (exact) mass is 398 g/mol. The number of aryl methyl sites for hydroxylation is 1. The number of hydrogen-bond donors (Lipinski definition) is 1. The van der Waals surface area contributed by atoms with Crippen LogP contribution >= 0.6 is 0 Å². The van der Waals surface area contributed by atoms with Crippen LogP contribution in [0.2, 0.25) is 0 Å². The molecule has 3 rings (SSSR count). The van der Waals surface area contributed by atoms with Gasteiger partial charge in [-0.3, -0.25) is 9.69 Å². The summed E-state index contributed by atoms with van der Waals surface area (Å²) in [5.41, 5.74) is 3.32. The number of piperazine rings is 1. The van der Waals surface area contributed by atoms with E-state index in [1.807, 2.05) is 37.3 Å². The molecule has 1 aliphatic heterocycles. The van der Waals surface area contributed by atoms with Crippen LogP contribution in [0.15, 0.2) is 60.7 Å². The van der Waals surface area contributed by atoms with Gasteiger partial charge in [-0.1, -0.05) is 60.2 Å². The lowest BCUT2D eigenvalue weighted by Crippen LogP contribution is -3.00. The fraction of sp³-hybridized carbons (Fsp3) is 0.348. The smallest absolute Gasteiger partial charge is 0.225 e. The van der Waals surface area contributed by atoms with Crippen LogP contribution in [0.5, 0.6) is 0 Å². The number of nitrogens with one attached hydrogen (secondary N) is 1. The maximum atomic E-state index is 12.1. The standard InChI is InChI=1S/C23H29N3O.ClH/c1-20-9-11-22(12-10-20)24-23(27)13-15-26-18-16-25(17-19-26)14-5-8-21-6-3-2-4-7-21;/h2-12H,13-19H2,1H3,(H,24,27);1H/p-1/b8-5+;. The Kier molecular flexibility index (Phi) is 9.21. The molecule has 1 fully saturated rings. The number of amides is 1. The SMILES string of the molecule is Cc1ccc(NC(=O)CCN2CCN(C/C=C/c3ccccc3)CC2)cc1.[Cl-]. The summed E-state index contributed by atoms with van der Waals surface area (Å²) in [7, 11) is 0. The molecular weight excluding hydrogens is 370 g/mol. The predicted octanol–water partition coefficient (Wildman–Crippen LogP) is 0.659. The van der Waals surface area contributed by atoms with Crippen LogP contribution in [0.4, 0.5) is 5.69 Å². The second-order valence-corrected chi connectivity index (χ2v) is 7.12. The minimum Gasteiger partial charge on any atom is -1.00 e. The van der Waals surface area contributed by atoms with Gasteiger partial charge in [-0.25, -0.2) is 0 Å². The molecule has 1 saturated heterocycles. The Morgan fingerprint density at radius 2 is 1.61 bits per heavy atom. The number of anilines is 1. The van der Waals surface area contributed by atoms with Gasteiger partial charge in [0.1, 0.15) is 0 Å².